The molecule has 0 aliphatic carbocycles. The highest BCUT2D eigenvalue weighted by atomic mass is 16.5. The normalized spacial score (nSPS) is 32.8. The third kappa shape index (κ3) is 2.20. The molecule has 2 rings (SSSR count). The number of hydrogen-bond donors (Lipinski definition) is 1. The van der Waals surface area contributed by atoms with Gasteiger partial charge in [0.2, 0.25) is 5.91 Å². The topological polar surface area (TPSA) is 55.6 Å². The number of carbonyl (C=O) groups excluding carboxylic acids is 1. The highest BCUT2D eigenvalue weighted by Gasteiger charge is 2.44. The van der Waals surface area contributed by atoms with Crippen molar-refractivity contribution in [3.63, 3.8) is 0 Å². The number of rotatable bonds is 2. The Kier molecular flexibility index (Phi) is 3.73. The second-order valence-corrected chi connectivity index (χ2v) is 5.60. The molecule has 2 fully saturated rings. The fraction of sp³-hybridized carbons (Fsp3) is 0.923. The molecule has 0 aromatic rings. The van der Waals surface area contributed by atoms with Crippen LogP contribution in [0.3, 0.4) is 0 Å². The first-order valence-electron chi connectivity index (χ1n) is 6.69. The summed E-state index contributed by atoms with van der Waals surface area (Å²) in [5.74, 6) is 0.869. The Morgan fingerprint density at radius 3 is 2.53 bits per heavy atom. The molecule has 2 unspecified atom stereocenters. The van der Waals surface area contributed by atoms with Gasteiger partial charge in [-0.1, -0.05) is 6.92 Å². The monoisotopic (exact) mass is 240 g/mol. The number of hydrogen-bond acceptors (Lipinski definition) is 3. The zero-order valence-electron chi connectivity index (χ0n) is 10.9. The van der Waals surface area contributed by atoms with Crippen LogP contribution in [0.2, 0.25) is 0 Å². The SMILES string of the molecule is CC1CCN(C(=O)C2(CN)CCOCC2)C1C. The zero-order chi connectivity index (χ0) is 12.5. The predicted octanol–water partition coefficient (Wildman–Crippen LogP) is 0.999. The fourth-order valence-corrected chi connectivity index (χ4v) is 2.95. The first-order chi connectivity index (χ1) is 8.10. The van der Waals surface area contributed by atoms with Gasteiger partial charge >= 0.3 is 0 Å². The minimum atomic E-state index is -0.351. The Bertz CT molecular complexity index is 287. The van der Waals surface area contributed by atoms with Crippen molar-refractivity contribution in [2.45, 2.75) is 39.2 Å². The molecule has 2 heterocycles. The van der Waals surface area contributed by atoms with E-state index in [1.165, 1.54) is 0 Å². The third-order valence-corrected chi connectivity index (χ3v) is 4.70. The van der Waals surface area contributed by atoms with E-state index >= 15 is 0 Å². The number of carbonyl (C=O) groups is 1. The molecule has 0 aromatic heterocycles. The highest BCUT2D eigenvalue weighted by molar-refractivity contribution is 5.83. The average molecular weight is 240 g/mol. The molecule has 0 spiro atoms. The van der Waals surface area contributed by atoms with Crippen LogP contribution in [0.15, 0.2) is 0 Å². The van der Waals surface area contributed by atoms with Crippen molar-refractivity contribution in [1.82, 2.24) is 4.90 Å². The van der Waals surface area contributed by atoms with Gasteiger partial charge in [0.15, 0.2) is 0 Å². The molecule has 1 amide bonds. The van der Waals surface area contributed by atoms with Crippen LogP contribution in [0.4, 0.5) is 0 Å². The van der Waals surface area contributed by atoms with Crippen LogP contribution in [0.1, 0.15) is 33.1 Å². The summed E-state index contributed by atoms with van der Waals surface area (Å²) < 4.78 is 5.36. The van der Waals surface area contributed by atoms with E-state index in [0.717, 1.165) is 25.8 Å². The number of likely N-dealkylation sites (tertiary alicyclic amines) is 1. The Labute approximate surface area is 103 Å². The molecule has 17 heavy (non-hydrogen) atoms. The summed E-state index contributed by atoms with van der Waals surface area (Å²) in [4.78, 5) is 14.7. The smallest absolute Gasteiger partial charge is 0.230 e. The van der Waals surface area contributed by atoms with Crippen molar-refractivity contribution in [3.8, 4) is 0 Å². The molecule has 0 bridgehead atoms. The van der Waals surface area contributed by atoms with Crippen LogP contribution < -0.4 is 5.73 Å². The Hall–Kier alpha value is -0.610. The summed E-state index contributed by atoms with van der Waals surface area (Å²) in [7, 11) is 0. The molecule has 2 saturated heterocycles. The minimum Gasteiger partial charge on any atom is -0.381 e. The Balaban J connectivity index is 2.12. The van der Waals surface area contributed by atoms with Crippen molar-refractivity contribution in [1.29, 1.82) is 0 Å². The van der Waals surface area contributed by atoms with Crippen molar-refractivity contribution >= 4 is 5.91 Å². The molecule has 98 valence electrons. The van der Waals surface area contributed by atoms with Crippen LogP contribution >= 0.6 is 0 Å². The van der Waals surface area contributed by atoms with Crippen LogP contribution in [0, 0.1) is 11.3 Å². The van der Waals surface area contributed by atoms with Crippen molar-refractivity contribution < 1.29 is 9.53 Å². The summed E-state index contributed by atoms with van der Waals surface area (Å²) in [6.45, 7) is 7.05. The Morgan fingerprint density at radius 1 is 1.41 bits per heavy atom. The van der Waals surface area contributed by atoms with Gasteiger partial charge in [-0.25, -0.2) is 0 Å². The second kappa shape index (κ2) is 4.94. The fourth-order valence-electron chi connectivity index (χ4n) is 2.95. The zero-order valence-corrected chi connectivity index (χ0v) is 10.9. The van der Waals surface area contributed by atoms with Gasteiger partial charge in [-0.2, -0.15) is 0 Å². The molecule has 0 aromatic carbocycles. The molecule has 2 atom stereocenters. The Morgan fingerprint density at radius 2 is 2.06 bits per heavy atom. The molecule has 2 aliphatic heterocycles. The quantitative estimate of drug-likeness (QED) is 0.783. The number of ether oxygens (including phenoxy) is 1. The summed E-state index contributed by atoms with van der Waals surface area (Å²) in [6, 6.07) is 0.355. The lowest BCUT2D eigenvalue weighted by Crippen LogP contribution is -2.52. The lowest BCUT2D eigenvalue weighted by Gasteiger charge is -2.39. The molecule has 2 N–H and O–H groups in total. The average Bonchev–Trinajstić information content (AvgIpc) is 2.70. The molecule has 0 radical (unpaired) electrons. The van der Waals surface area contributed by atoms with Gasteiger partial charge in [-0.3, -0.25) is 4.79 Å². The van der Waals surface area contributed by atoms with Gasteiger partial charge in [0.05, 0.1) is 5.41 Å². The lowest BCUT2D eigenvalue weighted by molar-refractivity contribution is -0.148. The van der Waals surface area contributed by atoms with E-state index in [1.807, 2.05) is 4.90 Å². The second-order valence-electron chi connectivity index (χ2n) is 5.60. The standard InChI is InChI=1S/C13H24N2O2/c1-10-3-6-15(11(10)2)12(16)13(9-14)4-7-17-8-5-13/h10-11H,3-9,14H2,1-2H3. The third-order valence-electron chi connectivity index (χ3n) is 4.70. The van der Waals surface area contributed by atoms with Gasteiger partial charge in [0, 0.05) is 32.3 Å². The summed E-state index contributed by atoms with van der Waals surface area (Å²) in [5.41, 5.74) is 5.53. The number of nitrogens with zero attached hydrogens (tertiary/aromatic N) is 1. The summed E-state index contributed by atoms with van der Waals surface area (Å²) >= 11 is 0. The predicted molar refractivity (Wildman–Crippen MR) is 66.5 cm³/mol. The van der Waals surface area contributed by atoms with E-state index in [9.17, 15) is 4.79 Å². The molecule has 0 saturated carbocycles. The molecule has 4 nitrogen and oxygen atoms in total. The van der Waals surface area contributed by atoms with Crippen LogP contribution in [-0.2, 0) is 9.53 Å². The van der Waals surface area contributed by atoms with E-state index in [-0.39, 0.29) is 11.3 Å². The van der Waals surface area contributed by atoms with E-state index in [4.69, 9.17) is 10.5 Å². The van der Waals surface area contributed by atoms with Gasteiger partial charge in [-0.15, -0.1) is 0 Å². The molecular formula is C13H24N2O2. The van der Waals surface area contributed by atoms with Crippen LogP contribution in [0.25, 0.3) is 0 Å². The van der Waals surface area contributed by atoms with Crippen molar-refractivity contribution in [2.24, 2.45) is 17.1 Å². The van der Waals surface area contributed by atoms with E-state index in [1.54, 1.807) is 0 Å². The number of amides is 1. The first kappa shape index (κ1) is 12.8. The van der Waals surface area contributed by atoms with Gasteiger partial charge in [0.1, 0.15) is 0 Å². The van der Waals surface area contributed by atoms with Crippen molar-refractivity contribution in [2.75, 3.05) is 26.3 Å². The largest absolute Gasteiger partial charge is 0.381 e. The van der Waals surface area contributed by atoms with E-state index in [2.05, 4.69) is 13.8 Å². The van der Waals surface area contributed by atoms with Crippen molar-refractivity contribution in [3.05, 3.63) is 0 Å². The first-order valence-corrected chi connectivity index (χ1v) is 6.69. The summed E-state index contributed by atoms with van der Waals surface area (Å²) in [5, 5.41) is 0. The van der Waals surface area contributed by atoms with Gasteiger partial charge in [-0.05, 0) is 32.1 Å². The molecule has 2 aliphatic rings. The molecule has 4 heteroatoms. The summed E-state index contributed by atoms with van der Waals surface area (Å²) in [6.07, 6.45) is 2.67. The van der Waals surface area contributed by atoms with Gasteiger partial charge < -0.3 is 15.4 Å². The molecular weight excluding hydrogens is 216 g/mol. The maximum atomic E-state index is 12.7. The lowest BCUT2D eigenvalue weighted by atomic mass is 9.78. The number of nitrogens with two attached hydrogens (primary N) is 1. The van der Waals surface area contributed by atoms with Crippen LogP contribution in [-0.4, -0.2) is 43.2 Å². The highest BCUT2D eigenvalue weighted by Crippen LogP contribution is 2.35. The maximum Gasteiger partial charge on any atom is 0.230 e. The minimum absolute atomic E-state index is 0.264. The van der Waals surface area contributed by atoms with E-state index < -0.39 is 0 Å². The van der Waals surface area contributed by atoms with E-state index in [0.29, 0.717) is 31.7 Å². The van der Waals surface area contributed by atoms with Gasteiger partial charge in [0.25, 0.3) is 0 Å². The van der Waals surface area contributed by atoms with Crippen LogP contribution in [0.5, 0.6) is 0 Å². The maximum absolute atomic E-state index is 12.7.